The standard InChI is InChI=1S/C6H10N4S/c1-3-11-6-9-4(2)8-5(7)10-6/h3H2,1-2H3,(H2,7,8,9,10). The van der Waals surface area contributed by atoms with Gasteiger partial charge in [0.05, 0.1) is 0 Å². The van der Waals surface area contributed by atoms with Crippen molar-refractivity contribution in [2.45, 2.75) is 19.0 Å². The normalized spacial score (nSPS) is 10.0. The molecule has 2 N–H and O–H groups in total. The average molecular weight is 170 g/mol. The van der Waals surface area contributed by atoms with Crippen molar-refractivity contribution >= 4 is 17.7 Å². The van der Waals surface area contributed by atoms with E-state index in [0.717, 1.165) is 5.75 Å². The first-order valence-corrected chi connectivity index (χ1v) is 4.32. The summed E-state index contributed by atoms with van der Waals surface area (Å²) in [7, 11) is 0. The molecular weight excluding hydrogens is 160 g/mol. The van der Waals surface area contributed by atoms with E-state index in [-0.39, 0.29) is 0 Å². The van der Waals surface area contributed by atoms with Gasteiger partial charge >= 0.3 is 0 Å². The second-order valence-electron chi connectivity index (χ2n) is 1.96. The molecule has 0 saturated carbocycles. The van der Waals surface area contributed by atoms with E-state index in [4.69, 9.17) is 5.73 Å². The van der Waals surface area contributed by atoms with Crippen molar-refractivity contribution in [3.05, 3.63) is 5.82 Å². The van der Waals surface area contributed by atoms with Crippen LogP contribution in [0.2, 0.25) is 0 Å². The van der Waals surface area contributed by atoms with E-state index < -0.39 is 0 Å². The van der Waals surface area contributed by atoms with E-state index in [1.165, 1.54) is 0 Å². The van der Waals surface area contributed by atoms with Crippen LogP contribution in [-0.2, 0) is 0 Å². The summed E-state index contributed by atoms with van der Waals surface area (Å²) in [5.74, 6) is 1.92. The zero-order valence-electron chi connectivity index (χ0n) is 6.53. The predicted molar refractivity (Wildman–Crippen MR) is 45.4 cm³/mol. The van der Waals surface area contributed by atoms with Gasteiger partial charge in [0.15, 0.2) is 5.16 Å². The highest BCUT2D eigenvalue weighted by molar-refractivity contribution is 7.99. The summed E-state index contributed by atoms with van der Waals surface area (Å²) in [6, 6.07) is 0. The largest absolute Gasteiger partial charge is 0.368 e. The molecule has 0 aliphatic heterocycles. The second kappa shape index (κ2) is 3.52. The number of hydrogen-bond donors (Lipinski definition) is 1. The van der Waals surface area contributed by atoms with Crippen molar-refractivity contribution < 1.29 is 0 Å². The van der Waals surface area contributed by atoms with Crippen molar-refractivity contribution in [3.8, 4) is 0 Å². The minimum absolute atomic E-state index is 0.299. The van der Waals surface area contributed by atoms with Gasteiger partial charge in [0.2, 0.25) is 5.95 Å². The van der Waals surface area contributed by atoms with Gasteiger partial charge in [-0.15, -0.1) is 0 Å². The summed E-state index contributed by atoms with van der Waals surface area (Å²) in [6.45, 7) is 3.84. The second-order valence-corrected chi connectivity index (χ2v) is 3.19. The Bertz CT molecular complexity index is 230. The predicted octanol–water partition coefficient (Wildman–Crippen LogP) is 0.874. The molecule has 0 unspecified atom stereocenters. The summed E-state index contributed by atoms with van der Waals surface area (Å²) in [6.07, 6.45) is 0. The maximum atomic E-state index is 5.41. The number of rotatable bonds is 2. The quantitative estimate of drug-likeness (QED) is 0.667. The molecule has 5 heteroatoms. The molecule has 0 aromatic carbocycles. The fourth-order valence-electron chi connectivity index (χ4n) is 0.671. The SMILES string of the molecule is CCSc1nc(C)nc(N)n1. The molecule has 0 atom stereocenters. The minimum Gasteiger partial charge on any atom is -0.368 e. The molecule has 0 amide bonds. The fourth-order valence-corrected chi connectivity index (χ4v) is 1.28. The molecule has 1 heterocycles. The Morgan fingerprint density at radius 2 is 2.09 bits per heavy atom. The summed E-state index contributed by atoms with van der Waals surface area (Å²) in [5, 5.41) is 0.706. The lowest BCUT2D eigenvalue weighted by Crippen LogP contribution is -2.00. The number of anilines is 1. The number of aromatic nitrogens is 3. The molecule has 0 aliphatic rings. The molecule has 0 radical (unpaired) electrons. The molecule has 0 saturated heterocycles. The van der Waals surface area contributed by atoms with E-state index in [1.54, 1.807) is 18.7 Å². The highest BCUT2D eigenvalue weighted by Gasteiger charge is 1.98. The zero-order chi connectivity index (χ0) is 8.27. The van der Waals surface area contributed by atoms with E-state index in [1.807, 2.05) is 6.92 Å². The van der Waals surface area contributed by atoms with Crippen LogP contribution in [0.1, 0.15) is 12.7 Å². The number of aryl methyl sites for hydroxylation is 1. The van der Waals surface area contributed by atoms with Gasteiger partial charge in [-0.1, -0.05) is 18.7 Å². The van der Waals surface area contributed by atoms with Gasteiger partial charge < -0.3 is 5.73 Å². The summed E-state index contributed by atoms with van der Waals surface area (Å²) in [5.41, 5.74) is 5.41. The van der Waals surface area contributed by atoms with Gasteiger partial charge in [0.1, 0.15) is 5.82 Å². The summed E-state index contributed by atoms with van der Waals surface area (Å²) in [4.78, 5) is 11.9. The monoisotopic (exact) mass is 170 g/mol. The maximum Gasteiger partial charge on any atom is 0.224 e. The van der Waals surface area contributed by atoms with Crippen LogP contribution >= 0.6 is 11.8 Å². The molecule has 60 valence electrons. The Labute approximate surface area is 69.6 Å². The van der Waals surface area contributed by atoms with Crippen molar-refractivity contribution in [3.63, 3.8) is 0 Å². The Hall–Kier alpha value is -0.840. The Balaban J connectivity index is 2.89. The van der Waals surface area contributed by atoms with Gasteiger partial charge in [-0.3, -0.25) is 0 Å². The molecule has 0 aliphatic carbocycles. The first-order valence-electron chi connectivity index (χ1n) is 3.33. The van der Waals surface area contributed by atoms with Gasteiger partial charge in [0.25, 0.3) is 0 Å². The van der Waals surface area contributed by atoms with Crippen molar-refractivity contribution in [2.24, 2.45) is 0 Å². The van der Waals surface area contributed by atoms with Gasteiger partial charge in [-0.05, 0) is 12.7 Å². The third kappa shape index (κ3) is 2.34. The average Bonchev–Trinajstić information content (AvgIpc) is 1.85. The maximum absolute atomic E-state index is 5.41. The van der Waals surface area contributed by atoms with Crippen LogP contribution < -0.4 is 5.73 Å². The van der Waals surface area contributed by atoms with Crippen LogP contribution in [0.4, 0.5) is 5.95 Å². The molecule has 0 spiro atoms. The molecule has 0 bridgehead atoms. The molecule has 1 rings (SSSR count). The molecule has 0 fully saturated rings. The van der Waals surface area contributed by atoms with Gasteiger partial charge in [0, 0.05) is 0 Å². The Morgan fingerprint density at radius 3 is 2.64 bits per heavy atom. The first-order chi connectivity index (χ1) is 5.22. The zero-order valence-corrected chi connectivity index (χ0v) is 7.35. The Morgan fingerprint density at radius 1 is 1.36 bits per heavy atom. The number of hydrogen-bond acceptors (Lipinski definition) is 5. The third-order valence-electron chi connectivity index (χ3n) is 1.02. The number of thioether (sulfide) groups is 1. The Kier molecular flexibility index (Phi) is 2.64. The number of nitrogen functional groups attached to an aromatic ring is 1. The number of nitrogens with zero attached hydrogens (tertiary/aromatic N) is 3. The van der Waals surface area contributed by atoms with E-state index >= 15 is 0 Å². The lowest BCUT2D eigenvalue weighted by atomic mass is 10.7. The molecule has 1 aromatic rings. The smallest absolute Gasteiger partial charge is 0.224 e. The van der Waals surface area contributed by atoms with Crippen LogP contribution in [-0.4, -0.2) is 20.7 Å². The lowest BCUT2D eigenvalue weighted by molar-refractivity contribution is 0.871. The molecule has 11 heavy (non-hydrogen) atoms. The molecule has 1 aromatic heterocycles. The van der Waals surface area contributed by atoms with E-state index in [9.17, 15) is 0 Å². The summed E-state index contributed by atoms with van der Waals surface area (Å²) >= 11 is 1.56. The van der Waals surface area contributed by atoms with Crippen molar-refractivity contribution in [1.82, 2.24) is 15.0 Å². The van der Waals surface area contributed by atoms with Crippen LogP contribution in [0.3, 0.4) is 0 Å². The van der Waals surface area contributed by atoms with Gasteiger partial charge in [-0.2, -0.15) is 9.97 Å². The van der Waals surface area contributed by atoms with Crippen molar-refractivity contribution in [2.75, 3.05) is 11.5 Å². The summed E-state index contributed by atoms with van der Waals surface area (Å²) < 4.78 is 0. The van der Waals surface area contributed by atoms with E-state index in [2.05, 4.69) is 15.0 Å². The molecular formula is C6H10N4S. The van der Waals surface area contributed by atoms with Crippen LogP contribution in [0.5, 0.6) is 0 Å². The van der Waals surface area contributed by atoms with E-state index in [0.29, 0.717) is 16.9 Å². The van der Waals surface area contributed by atoms with Crippen LogP contribution in [0, 0.1) is 6.92 Å². The highest BCUT2D eigenvalue weighted by atomic mass is 32.2. The molecule has 4 nitrogen and oxygen atoms in total. The lowest BCUT2D eigenvalue weighted by Gasteiger charge is -1.98. The first kappa shape index (κ1) is 8.26. The minimum atomic E-state index is 0.299. The van der Waals surface area contributed by atoms with Crippen LogP contribution in [0.25, 0.3) is 0 Å². The van der Waals surface area contributed by atoms with Crippen molar-refractivity contribution in [1.29, 1.82) is 0 Å². The topological polar surface area (TPSA) is 64.7 Å². The van der Waals surface area contributed by atoms with Gasteiger partial charge in [-0.25, -0.2) is 4.98 Å². The highest BCUT2D eigenvalue weighted by Crippen LogP contribution is 2.11. The number of nitrogens with two attached hydrogens (primary N) is 1. The third-order valence-corrected chi connectivity index (χ3v) is 1.75. The fraction of sp³-hybridized carbons (Fsp3) is 0.500. The van der Waals surface area contributed by atoms with Crippen LogP contribution in [0.15, 0.2) is 5.16 Å².